The Kier molecular flexibility index (Phi) is 5.92. The lowest BCUT2D eigenvalue weighted by atomic mass is 9.97. The number of fused-ring (bicyclic) bond motifs is 1. The van der Waals surface area contributed by atoms with Gasteiger partial charge in [0.05, 0.1) is 12.6 Å². The van der Waals surface area contributed by atoms with Crippen LogP contribution in [0, 0.1) is 0 Å². The van der Waals surface area contributed by atoms with Crippen LogP contribution in [-0.4, -0.2) is 42.5 Å². The molecule has 0 saturated heterocycles. The molecule has 0 aliphatic carbocycles. The minimum absolute atomic E-state index is 0.0992. The molecule has 0 atom stereocenters. The lowest BCUT2D eigenvalue weighted by Gasteiger charge is -2.31. The van der Waals surface area contributed by atoms with Crippen LogP contribution < -0.4 is 4.74 Å². The number of hydrogen-bond donors (Lipinski definition) is 0. The molecule has 0 saturated carbocycles. The molecule has 4 rings (SSSR count). The van der Waals surface area contributed by atoms with Crippen molar-refractivity contribution < 1.29 is 9.53 Å². The number of rotatable bonds is 5. The molecular weight excluding hydrogens is 360 g/mol. The van der Waals surface area contributed by atoms with E-state index in [4.69, 9.17) is 4.74 Å². The molecular formula is C25H26N2O2. The third-order valence-electron chi connectivity index (χ3n) is 5.40. The van der Waals surface area contributed by atoms with Crippen LogP contribution >= 0.6 is 0 Å². The van der Waals surface area contributed by atoms with Crippen molar-refractivity contribution in [2.24, 2.45) is 0 Å². The Morgan fingerprint density at radius 2 is 1.52 bits per heavy atom. The summed E-state index contributed by atoms with van der Waals surface area (Å²) in [7, 11) is 1.90. The van der Waals surface area contributed by atoms with Crippen molar-refractivity contribution in [3.05, 3.63) is 102 Å². The molecule has 3 aromatic carbocycles. The molecule has 148 valence electrons. The summed E-state index contributed by atoms with van der Waals surface area (Å²) in [5, 5.41) is 0. The van der Waals surface area contributed by atoms with Crippen LogP contribution in [0.25, 0.3) is 0 Å². The zero-order valence-electron chi connectivity index (χ0n) is 16.7. The molecule has 29 heavy (non-hydrogen) atoms. The summed E-state index contributed by atoms with van der Waals surface area (Å²) in [4.78, 5) is 17.3. The van der Waals surface area contributed by atoms with E-state index in [1.807, 2.05) is 66.5 Å². The molecule has 3 aromatic rings. The Morgan fingerprint density at radius 3 is 2.17 bits per heavy atom. The van der Waals surface area contributed by atoms with E-state index < -0.39 is 0 Å². The Balaban J connectivity index is 1.53. The number of hydrogen-bond acceptors (Lipinski definition) is 3. The van der Waals surface area contributed by atoms with Gasteiger partial charge in [0.15, 0.2) is 0 Å². The monoisotopic (exact) mass is 386 g/mol. The van der Waals surface area contributed by atoms with Gasteiger partial charge in [-0.1, -0.05) is 78.9 Å². The van der Waals surface area contributed by atoms with E-state index in [-0.39, 0.29) is 11.9 Å². The Labute approximate surface area is 172 Å². The van der Waals surface area contributed by atoms with Gasteiger partial charge in [-0.05, 0) is 17.2 Å². The van der Waals surface area contributed by atoms with Gasteiger partial charge in [0.2, 0.25) is 5.91 Å². The highest BCUT2D eigenvalue weighted by atomic mass is 16.5. The highest BCUT2D eigenvalue weighted by Crippen LogP contribution is 2.28. The van der Waals surface area contributed by atoms with Crippen molar-refractivity contribution in [2.45, 2.75) is 12.6 Å². The van der Waals surface area contributed by atoms with Gasteiger partial charge in [-0.2, -0.15) is 0 Å². The second-order valence-electron chi connectivity index (χ2n) is 7.40. The minimum atomic E-state index is -0.111. The van der Waals surface area contributed by atoms with Crippen LogP contribution in [0.4, 0.5) is 0 Å². The van der Waals surface area contributed by atoms with Gasteiger partial charge in [0.25, 0.3) is 0 Å². The fourth-order valence-corrected chi connectivity index (χ4v) is 3.87. The topological polar surface area (TPSA) is 32.8 Å². The van der Waals surface area contributed by atoms with Crippen molar-refractivity contribution >= 4 is 5.91 Å². The highest BCUT2D eigenvalue weighted by Gasteiger charge is 2.25. The van der Waals surface area contributed by atoms with E-state index in [0.29, 0.717) is 13.2 Å². The van der Waals surface area contributed by atoms with E-state index in [9.17, 15) is 4.79 Å². The number of para-hydroxylation sites is 1. The van der Waals surface area contributed by atoms with Crippen LogP contribution in [0.1, 0.15) is 22.7 Å². The minimum Gasteiger partial charge on any atom is -0.492 e. The normalized spacial score (nSPS) is 14.0. The van der Waals surface area contributed by atoms with Crippen molar-refractivity contribution in [2.75, 3.05) is 26.7 Å². The number of ether oxygens (including phenoxy) is 1. The summed E-state index contributed by atoms with van der Waals surface area (Å²) in [6, 6.07) is 28.4. The zero-order chi connectivity index (χ0) is 20.1. The standard InChI is InChI=1S/C25H26N2O2/c1-26(25(20-10-4-2-5-11-20)21-12-6-3-7-13-21)24(28)19-27-16-17-29-23-15-9-8-14-22(23)18-27/h2-15,25H,16-19H2,1H3. The predicted molar refractivity (Wildman–Crippen MR) is 115 cm³/mol. The summed E-state index contributed by atoms with van der Waals surface area (Å²) < 4.78 is 5.84. The van der Waals surface area contributed by atoms with Crippen molar-refractivity contribution in [3.63, 3.8) is 0 Å². The van der Waals surface area contributed by atoms with Gasteiger partial charge in [-0.3, -0.25) is 9.69 Å². The van der Waals surface area contributed by atoms with Crippen molar-refractivity contribution in [1.82, 2.24) is 9.80 Å². The van der Waals surface area contributed by atoms with Crippen LogP contribution in [0.5, 0.6) is 5.75 Å². The number of amides is 1. The van der Waals surface area contributed by atoms with Crippen molar-refractivity contribution in [1.29, 1.82) is 0 Å². The smallest absolute Gasteiger partial charge is 0.237 e. The first-order valence-electron chi connectivity index (χ1n) is 10.0. The molecule has 4 nitrogen and oxygen atoms in total. The summed E-state index contributed by atoms with van der Waals surface area (Å²) in [6.45, 7) is 2.41. The largest absolute Gasteiger partial charge is 0.492 e. The molecule has 1 amide bonds. The summed E-state index contributed by atoms with van der Waals surface area (Å²) in [6.07, 6.45) is 0. The maximum Gasteiger partial charge on any atom is 0.237 e. The Morgan fingerprint density at radius 1 is 0.931 bits per heavy atom. The van der Waals surface area contributed by atoms with E-state index in [0.717, 1.165) is 35.5 Å². The van der Waals surface area contributed by atoms with Crippen molar-refractivity contribution in [3.8, 4) is 5.75 Å². The molecule has 1 aliphatic rings. The molecule has 1 aliphatic heterocycles. The average Bonchev–Trinajstić information content (AvgIpc) is 2.97. The fourth-order valence-electron chi connectivity index (χ4n) is 3.87. The average molecular weight is 386 g/mol. The van der Waals surface area contributed by atoms with E-state index in [1.54, 1.807) is 0 Å². The number of carbonyl (C=O) groups is 1. The van der Waals surface area contributed by atoms with Crippen LogP contribution in [0.3, 0.4) is 0 Å². The quantitative estimate of drug-likeness (QED) is 0.661. The third kappa shape index (κ3) is 4.49. The molecule has 0 N–H and O–H groups in total. The molecule has 0 bridgehead atoms. The van der Waals surface area contributed by atoms with Gasteiger partial charge in [-0.15, -0.1) is 0 Å². The first-order valence-corrected chi connectivity index (χ1v) is 10.0. The van der Waals surface area contributed by atoms with E-state index in [1.165, 1.54) is 0 Å². The van der Waals surface area contributed by atoms with E-state index >= 15 is 0 Å². The summed E-state index contributed by atoms with van der Waals surface area (Å²) >= 11 is 0. The van der Waals surface area contributed by atoms with Gasteiger partial charge < -0.3 is 9.64 Å². The van der Waals surface area contributed by atoms with Crippen LogP contribution in [0.2, 0.25) is 0 Å². The number of carbonyl (C=O) groups excluding carboxylic acids is 1. The lowest BCUT2D eigenvalue weighted by Crippen LogP contribution is -2.41. The maximum atomic E-state index is 13.3. The Hall–Kier alpha value is -3.11. The van der Waals surface area contributed by atoms with Crippen LogP contribution in [-0.2, 0) is 11.3 Å². The van der Waals surface area contributed by atoms with E-state index in [2.05, 4.69) is 35.2 Å². The number of benzene rings is 3. The number of likely N-dealkylation sites (N-methyl/N-ethyl adjacent to an activating group) is 1. The molecule has 0 aromatic heterocycles. The fraction of sp³-hybridized carbons (Fsp3) is 0.240. The first kappa shape index (κ1) is 19.2. The molecule has 0 fully saturated rings. The lowest BCUT2D eigenvalue weighted by molar-refractivity contribution is -0.132. The predicted octanol–water partition coefficient (Wildman–Crippen LogP) is 4.13. The SMILES string of the molecule is CN(C(=O)CN1CCOc2ccccc2C1)C(c1ccccc1)c1ccccc1. The van der Waals surface area contributed by atoms with Crippen LogP contribution in [0.15, 0.2) is 84.9 Å². The number of nitrogens with zero attached hydrogens (tertiary/aromatic N) is 2. The summed E-state index contributed by atoms with van der Waals surface area (Å²) in [5.74, 6) is 1.02. The maximum absolute atomic E-state index is 13.3. The second kappa shape index (κ2) is 8.93. The zero-order valence-corrected chi connectivity index (χ0v) is 16.7. The molecule has 4 heteroatoms. The summed E-state index contributed by atoms with van der Waals surface area (Å²) in [5.41, 5.74) is 3.35. The second-order valence-corrected chi connectivity index (χ2v) is 7.40. The molecule has 0 spiro atoms. The van der Waals surface area contributed by atoms with Gasteiger partial charge in [0.1, 0.15) is 12.4 Å². The van der Waals surface area contributed by atoms with Gasteiger partial charge in [-0.25, -0.2) is 0 Å². The third-order valence-corrected chi connectivity index (χ3v) is 5.40. The molecule has 0 unspecified atom stereocenters. The molecule has 1 heterocycles. The van der Waals surface area contributed by atoms with Gasteiger partial charge in [0, 0.05) is 25.7 Å². The van der Waals surface area contributed by atoms with Gasteiger partial charge >= 0.3 is 0 Å². The Bertz CT molecular complexity index is 904. The highest BCUT2D eigenvalue weighted by molar-refractivity contribution is 5.79. The molecule has 0 radical (unpaired) electrons. The first-order chi connectivity index (χ1) is 14.2.